The van der Waals surface area contributed by atoms with Crippen LogP contribution in [0.2, 0.25) is 0 Å². The number of carbonyl (C=O) groups excluding carboxylic acids is 2. The van der Waals surface area contributed by atoms with Crippen LogP contribution >= 0.6 is 0 Å². The van der Waals surface area contributed by atoms with E-state index in [1.54, 1.807) is 4.90 Å². The van der Waals surface area contributed by atoms with Crippen LogP contribution in [0, 0.1) is 5.41 Å². The third-order valence-corrected chi connectivity index (χ3v) is 2.50. The summed E-state index contributed by atoms with van der Waals surface area (Å²) in [6.45, 7) is 7.78. The number of nitrogens with two attached hydrogens (primary N) is 3. The predicted octanol–water partition coefficient (Wildman–Crippen LogP) is -0.979. The molecule has 6 N–H and O–H groups in total. The quantitative estimate of drug-likeness (QED) is 0.557. The fourth-order valence-electron chi connectivity index (χ4n) is 2.32. The second-order valence-electron chi connectivity index (χ2n) is 5.51. The zero-order valence-electron chi connectivity index (χ0n) is 11.1. The molecule has 0 saturated carbocycles. The minimum absolute atomic E-state index is 0.0214. The molecule has 0 bridgehead atoms. The zero-order valence-corrected chi connectivity index (χ0v) is 11.1. The molecule has 6 nitrogen and oxygen atoms in total. The van der Waals surface area contributed by atoms with Crippen molar-refractivity contribution >= 4 is 11.8 Å². The summed E-state index contributed by atoms with van der Waals surface area (Å²) in [6, 6.07) is -0.351. The largest absolute Gasteiger partial charge is 0.369 e. The molecule has 0 aromatic heterocycles. The minimum Gasteiger partial charge on any atom is -0.369 e. The molecule has 0 saturated heterocycles. The van der Waals surface area contributed by atoms with Crippen LogP contribution in [0.15, 0.2) is 0 Å². The molecule has 2 amide bonds. The monoisotopic (exact) mass is 244 g/mol. The Bertz CT molecular complexity index is 268. The number of rotatable bonds is 6. The highest BCUT2D eigenvalue weighted by Gasteiger charge is 2.34. The fourth-order valence-corrected chi connectivity index (χ4v) is 2.32. The van der Waals surface area contributed by atoms with Crippen LogP contribution in [0.1, 0.15) is 27.7 Å². The average molecular weight is 244 g/mol. The number of hydrogen-bond acceptors (Lipinski definition) is 4. The van der Waals surface area contributed by atoms with Crippen LogP contribution in [0.25, 0.3) is 0 Å². The highest BCUT2D eigenvalue weighted by molar-refractivity contribution is 5.79. The lowest BCUT2D eigenvalue weighted by Crippen LogP contribution is -2.57. The molecule has 17 heavy (non-hydrogen) atoms. The maximum absolute atomic E-state index is 11.0. The average Bonchev–Trinajstić information content (AvgIpc) is 1.95. The summed E-state index contributed by atoms with van der Waals surface area (Å²) < 4.78 is 0. The first kappa shape index (κ1) is 15.9. The Morgan fingerprint density at radius 1 is 1.12 bits per heavy atom. The van der Waals surface area contributed by atoms with Gasteiger partial charge in [-0.1, -0.05) is 20.8 Å². The van der Waals surface area contributed by atoms with Crippen molar-refractivity contribution in [3.63, 3.8) is 0 Å². The van der Waals surface area contributed by atoms with Crippen molar-refractivity contribution in [3.8, 4) is 0 Å². The van der Waals surface area contributed by atoms with Gasteiger partial charge in [0.1, 0.15) is 0 Å². The number of nitrogens with zero attached hydrogens (tertiary/aromatic N) is 1. The summed E-state index contributed by atoms with van der Waals surface area (Å²) in [5.74, 6) is -0.998. The van der Waals surface area contributed by atoms with E-state index >= 15 is 0 Å². The Hall–Kier alpha value is -1.14. The van der Waals surface area contributed by atoms with Crippen molar-refractivity contribution in [2.24, 2.45) is 22.6 Å². The second kappa shape index (κ2) is 5.97. The number of amides is 2. The highest BCUT2D eigenvalue weighted by Crippen LogP contribution is 2.26. The van der Waals surface area contributed by atoms with Gasteiger partial charge in [-0.2, -0.15) is 0 Å². The predicted molar refractivity (Wildman–Crippen MR) is 66.9 cm³/mol. The summed E-state index contributed by atoms with van der Waals surface area (Å²) >= 11 is 0. The van der Waals surface area contributed by atoms with Gasteiger partial charge in [0.15, 0.2) is 0 Å². The molecular weight excluding hydrogens is 220 g/mol. The summed E-state index contributed by atoms with van der Waals surface area (Å²) in [4.78, 5) is 23.7. The molecule has 0 aliphatic rings. The van der Waals surface area contributed by atoms with Crippen molar-refractivity contribution in [3.05, 3.63) is 0 Å². The minimum atomic E-state index is -0.499. The van der Waals surface area contributed by atoms with Crippen molar-refractivity contribution in [2.75, 3.05) is 13.1 Å². The number of hydrogen-bond donors (Lipinski definition) is 3. The molecule has 0 aromatic rings. The van der Waals surface area contributed by atoms with Gasteiger partial charge in [0.2, 0.25) is 11.8 Å². The number of primary amides is 2. The summed E-state index contributed by atoms with van der Waals surface area (Å²) in [7, 11) is 0. The lowest BCUT2D eigenvalue weighted by molar-refractivity contribution is -0.124. The van der Waals surface area contributed by atoms with E-state index in [1.165, 1.54) is 0 Å². The van der Waals surface area contributed by atoms with Gasteiger partial charge in [0, 0.05) is 12.1 Å². The van der Waals surface area contributed by atoms with Gasteiger partial charge in [-0.15, -0.1) is 0 Å². The van der Waals surface area contributed by atoms with Gasteiger partial charge in [-0.05, 0) is 12.3 Å². The first-order chi connectivity index (χ1) is 7.55. The topological polar surface area (TPSA) is 115 Å². The van der Waals surface area contributed by atoms with E-state index in [0.29, 0.717) is 0 Å². The molecule has 0 radical (unpaired) electrons. The van der Waals surface area contributed by atoms with Crippen LogP contribution in [-0.2, 0) is 9.59 Å². The molecule has 0 rings (SSSR count). The summed E-state index contributed by atoms with van der Waals surface area (Å²) in [5.41, 5.74) is 16.1. The Morgan fingerprint density at radius 3 is 1.65 bits per heavy atom. The molecule has 0 fully saturated rings. The third kappa shape index (κ3) is 5.65. The van der Waals surface area contributed by atoms with Crippen molar-refractivity contribution in [1.29, 1.82) is 0 Å². The maximum Gasteiger partial charge on any atom is 0.231 e. The Labute approximate surface area is 102 Å². The zero-order chi connectivity index (χ0) is 13.8. The molecule has 2 atom stereocenters. The van der Waals surface area contributed by atoms with Gasteiger partial charge < -0.3 is 17.2 Å². The number of carbonyl (C=O) groups is 2. The van der Waals surface area contributed by atoms with Crippen molar-refractivity contribution in [2.45, 2.75) is 39.8 Å². The van der Waals surface area contributed by atoms with Gasteiger partial charge in [0.25, 0.3) is 0 Å². The molecule has 0 aliphatic carbocycles. The smallest absolute Gasteiger partial charge is 0.231 e. The summed E-state index contributed by atoms with van der Waals surface area (Å²) in [5, 5.41) is 0. The van der Waals surface area contributed by atoms with Gasteiger partial charge in [-0.3, -0.25) is 14.5 Å². The molecule has 0 spiro atoms. The van der Waals surface area contributed by atoms with Crippen molar-refractivity contribution in [1.82, 2.24) is 4.90 Å². The van der Waals surface area contributed by atoms with E-state index in [-0.39, 0.29) is 30.6 Å². The van der Waals surface area contributed by atoms with E-state index in [2.05, 4.69) is 0 Å². The molecule has 0 heterocycles. The van der Waals surface area contributed by atoms with Crippen LogP contribution in [0.3, 0.4) is 0 Å². The van der Waals surface area contributed by atoms with Gasteiger partial charge >= 0.3 is 0 Å². The normalized spacial score (nSPS) is 15.6. The molecule has 2 unspecified atom stereocenters. The van der Waals surface area contributed by atoms with Gasteiger partial charge in [0.05, 0.1) is 13.1 Å². The van der Waals surface area contributed by atoms with E-state index in [0.717, 1.165) is 0 Å². The second-order valence-corrected chi connectivity index (χ2v) is 5.51. The van der Waals surface area contributed by atoms with Crippen LogP contribution in [0.5, 0.6) is 0 Å². The van der Waals surface area contributed by atoms with Crippen LogP contribution < -0.4 is 17.2 Å². The molecule has 6 heteroatoms. The SMILES string of the molecule is CC(N)C(N(CC(N)=O)CC(N)=O)C(C)(C)C. The third-order valence-electron chi connectivity index (χ3n) is 2.50. The van der Waals surface area contributed by atoms with Crippen LogP contribution in [-0.4, -0.2) is 41.9 Å². The van der Waals surface area contributed by atoms with Crippen molar-refractivity contribution < 1.29 is 9.59 Å². The Kier molecular flexibility index (Phi) is 5.57. The summed E-state index contributed by atoms with van der Waals surface area (Å²) in [6.07, 6.45) is 0. The fraction of sp³-hybridized carbons (Fsp3) is 0.818. The van der Waals surface area contributed by atoms with E-state index in [9.17, 15) is 9.59 Å². The Balaban J connectivity index is 5.06. The van der Waals surface area contributed by atoms with E-state index in [4.69, 9.17) is 17.2 Å². The first-order valence-corrected chi connectivity index (χ1v) is 5.62. The Morgan fingerprint density at radius 2 is 1.47 bits per heavy atom. The first-order valence-electron chi connectivity index (χ1n) is 5.62. The van der Waals surface area contributed by atoms with E-state index in [1.807, 2.05) is 27.7 Å². The standard InChI is InChI=1S/C11H24N4O2/c1-7(12)10(11(2,3)4)15(5-8(13)16)6-9(14)17/h7,10H,5-6,12H2,1-4H3,(H2,13,16)(H2,14,17). The van der Waals surface area contributed by atoms with Gasteiger partial charge in [-0.25, -0.2) is 0 Å². The van der Waals surface area contributed by atoms with Crippen LogP contribution in [0.4, 0.5) is 0 Å². The molecule has 0 aliphatic heterocycles. The van der Waals surface area contributed by atoms with E-state index < -0.39 is 11.8 Å². The highest BCUT2D eigenvalue weighted by atomic mass is 16.2. The molecule has 100 valence electrons. The molecular formula is C11H24N4O2. The lowest BCUT2D eigenvalue weighted by atomic mass is 9.81. The lowest BCUT2D eigenvalue weighted by Gasteiger charge is -2.41. The molecule has 0 aromatic carbocycles. The maximum atomic E-state index is 11.0.